The normalized spacial score (nSPS) is 20.2. The number of rotatable bonds is 4. The Morgan fingerprint density at radius 3 is 2.67 bits per heavy atom. The minimum absolute atomic E-state index is 0.116. The van der Waals surface area contributed by atoms with Gasteiger partial charge in [-0.2, -0.15) is 0 Å². The van der Waals surface area contributed by atoms with Crippen LogP contribution in [-0.2, 0) is 21.1 Å². The van der Waals surface area contributed by atoms with Crippen LogP contribution in [0, 0.1) is 0 Å². The average Bonchev–Trinajstić information content (AvgIpc) is 2.23. The first-order valence-corrected chi connectivity index (χ1v) is 7.71. The number of nitrogens with two attached hydrogens (primary N) is 1. The lowest BCUT2D eigenvalue weighted by Gasteiger charge is -2.45. The number of aromatic nitrogens is 1. The van der Waals surface area contributed by atoms with Gasteiger partial charge >= 0.3 is 0 Å². The highest BCUT2D eigenvalue weighted by atomic mass is 79.9. The lowest BCUT2D eigenvalue weighted by Crippen LogP contribution is -2.52. The molecule has 0 amide bonds. The van der Waals surface area contributed by atoms with Gasteiger partial charge < -0.3 is 4.74 Å². The molecule has 1 aromatic rings. The zero-order chi connectivity index (χ0) is 13.4. The van der Waals surface area contributed by atoms with Crippen molar-refractivity contribution in [3.05, 3.63) is 28.5 Å². The van der Waals surface area contributed by atoms with Gasteiger partial charge in [-0.15, -0.1) is 0 Å². The molecule has 1 fully saturated rings. The van der Waals surface area contributed by atoms with Crippen molar-refractivity contribution in [3.8, 4) is 0 Å². The molecule has 18 heavy (non-hydrogen) atoms. The summed E-state index contributed by atoms with van der Waals surface area (Å²) in [6, 6.07) is 2.05. The third-order valence-electron chi connectivity index (χ3n) is 3.38. The van der Waals surface area contributed by atoms with Crippen LogP contribution in [0.4, 0.5) is 0 Å². The van der Waals surface area contributed by atoms with Crippen LogP contribution in [-0.4, -0.2) is 27.2 Å². The second-order valence-corrected chi connectivity index (χ2v) is 8.01. The molecule has 1 aromatic heterocycles. The third kappa shape index (κ3) is 2.66. The molecule has 2 N–H and O–H groups in total. The fraction of sp³-hybridized carbons (Fsp3) is 0.583. The van der Waals surface area contributed by atoms with Crippen molar-refractivity contribution in [2.75, 3.05) is 13.2 Å². The highest BCUT2D eigenvalue weighted by molar-refractivity contribution is 9.10. The first kappa shape index (κ1) is 14.1. The molecule has 0 aliphatic carbocycles. The smallest absolute Gasteiger partial charge is 0.0945 e. The molecule has 2 heterocycles. The minimum Gasteiger partial charge on any atom is -0.379 e. The van der Waals surface area contributed by atoms with Gasteiger partial charge in [-0.3, -0.25) is 10.1 Å². The molecular weight excluding hydrogens is 316 g/mol. The van der Waals surface area contributed by atoms with Crippen LogP contribution in [0.2, 0.25) is 0 Å². The zero-order valence-corrected chi connectivity index (χ0v) is 12.9. The lowest BCUT2D eigenvalue weighted by atomic mass is 9.73. The van der Waals surface area contributed by atoms with Gasteiger partial charge in [0.25, 0.3) is 0 Å². The monoisotopic (exact) mass is 332 g/mol. The molecule has 1 aliphatic rings. The Morgan fingerprint density at radius 2 is 2.22 bits per heavy atom. The third-order valence-corrected chi connectivity index (χ3v) is 5.05. The van der Waals surface area contributed by atoms with Crippen molar-refractivity contribution in [2.24, 2.45) is 5.14 Å². The Kier molecular flexibility index (Phi) is 3.92. The van der Waals surface area contributed by atoms with Gasteiger partial charge in [0.2, 0.25) is 0 Å². The van der Waals surface area contributed by atoms with E-state index < -0.39 is 15.7 Å². The predicted molar refractivity (Wildman–Crippen MR) is 75.5 cm³/mol. The molecule has 0 bridgehead atoms. The molecule has 0 spiro atoms. The SMILES string of the molecule is CC(C)(CC1(c2cncc(Br)c2)COC1)S(N)=O. The number of hydrogen-bond acceptors (Lipinski definition) is 3. The minimum atomic E-state index is -1.36. The summed E-state index contributed by atoms with van der Waals surface area (Å²) in [6.07, 6.45) is 4.33. The highest BCUT2D eigenvalue weighted by Gasteiger charge is 2.46. The maximum absolute atomic E-state index is 11.6. The standard InChI is InChI=1S/C12H17BrN2O2S/c1-11(2,18(14)16)6-12(7-17-8-12)9-3-10(13)5-15-4-9/h3-5H,6-8,14H2,1-2H3. The maximum atomic E-state index is 11.6. The Labute approximate surface area is 118 Å². The number of hydrogen-bond donors (Lipinski definition) is 1. The van der Waals surface area contributed by atoms with Gasteiger partial charge in [0, 0.05) is 22.3 Å². The van der Waals surface area contributed by atoms with Crippen LogP contribution >= 0.6 is 15.9 Å². The van der Waals surface area contributed by atoms with Gasteiger partial charge in [0.05, 0.1) is 28.9 Å². The van der Waals surface area contributed by atoms with E-state index in [0.717, 1.165) is 16.5 Å². The Balaban J connectivity index is 2.29. The number of pyridine rings is 1. The van der Waals surface area contributed by atoms with Crippen LogP contribution in [0.1, 0.15) is 25.8 Å². The molecule has 4 nitrogen and oxygen atoms in total. The Bertz CT molecular complexity index is 475. The zero-order valence-electron chi connectivity index (χ0n) is 10.5. The van der Waals surface area contributed by atoms with E-state index in [0.29, 0.717) is 13.2 Å². The summed E-state index contributed by atoms with van der Waals surface area (Å²) in [7, 11) is -1.36. The van der Waals surface area contributed by atoms with E-state index in [1.54, 1.807) is 6.20 Å². The van der Waals surface area contributed by atoms with E-state index >= 15 is 0 Å². The van der Waals surface area contributed by atoms with Crippen molar-refractivity contribution in [1.82, 2.24) is 4.98 Å². The van der Waals surface area contributed by atoms with Crippen molar-refractivity contribution < 1.29 is 8.95 Å². The summed E-state index contributed by atoms with van der Waals surface area (Å²) < 4.78 is 17.5. The van der Waals surface area contributed by atoms with Gasteiger partial charge in [-0.1, -0.05) is 0 Å². The van der Waals surface area contributed by atoms with Crippen LogP contribution in [0.15, 0.2) is 22.9 Å². The van der Waals surface area contributed by atoms with Gasteiger partial charge in [0.15, 0.2) is 0 Å². The fourth-order valence-electron chi connectivity index (χ4n) is 2.31. The molecule has 2 rings (SSSR count). The van der Waals surface area contributed by atoms with Crippen LogP contribution in [0.5, 0.6) is 0 Å². The van der Waals surface area contributed by atoms with E-state index in [2.05, 4.69) is 20.9 Å². The summed E-state index contributed by atoms with van der Waals surface area (Å²) in [6.45, 7) is 5.11. The Hall–Kier alpha value is -0.300. The summed E-state index contributed by atoms with van der Waals surface area (Å²) in [5, 5.41) is 5.57. The van der Waals surface area contributed by atoms with E-state index in [-0.39, 0.29) is 5.41 Å². The topological polar surface area (TPSA) is 65.2 Å². The predicted octanol–water partition coefficient (Wildman–Crippen LogP) is 1.90. The lowest BCUT2D eigenvalue weighted by molar-refractivity contribution is -0.0680. The van der Waals surface area contributed by atoms with Crippen molar-refractivity contribution in [2.45, 2.75) is 30.4 Å². The molecular formula is C12H17BrN2O2S. The van der Waals surface area contributed by atoms with E-state index in [1.165, 1.54) is 0 Å². The first-order chi connectivity index (χ1) is 8.36. The van der Waals surface area contributed by atoms with Crippen LogP contribution in [0.25, 0.3) is 0 Å². The highest BCUT2D eigenvalue weighted by Crippen LogP contribution is 2.41. The number of ether oxygens (including phenoxy) is 1. The second-order valence-electron chi connectivity index (χ2n) is 5.40. The average molecular weight is 333 g/mol. The quantitative estimate of drug-likeness (QED) is 0.915. The molecule has 0 aromatic carbocycles. The number of halogens is 1. The van der Waals surface area contributed by atoms with Gasteiger partial charge in [-0.05, 0) is 47.8 Å². The second kappa shape index (κ2) is 5.00. The first-order valence-electron chi connectivity index (χ1n) is 5.71. The van der Waals surface area contributed by atoms with E-state index in [9.17, 15) is 4.21 Å². The van der Waals surface area contributed by atoms with Crippen molar-refractivity contribution in [1.29, 1.82) is 0 Å². The van der Waals surface area contributed by atoms with Crippen molar-refractivity contribution in [3.63, 3.8) is 0 Å². The van der Waals surface area contributed by atoms with Crippen molar-refractivity contribution >= 4 is 26.9 Å². The van der Waals surface area contributed by atoms with Gasteiger partial charge in [0.1, 0.15) is 0 Å². The van der Waals surface area contributed by atoms with E-state index in [1.807, 2.05) is 26.1 Å². The molecule has 1 saturated heterocycles. The Morgan fingerprint density at radius 1 is 1.56 bits per heavy atom. The number of nitrogens with zero attached hydrogens (tertiary/aromatic N) is 1. The molecule has 1 atom stereocenters. The van der Waals surface area contributed by atoms with E-state index in [4.69, 9.17) is 9.88 Å². The summed E-state index contributed by atoms with van der Waals surface area (Å²) in [4.78, 5) is 4.20. The largest absolute Gasteiger partial charge is 0.379 e. The summed E-state index contributed by atoms with van der Waals surface area (Å²) >= 11 is 3.43. The molecule has 6 heteroatoms. The van der Waals surface area contributed by atoms with Crippen LogP contribution in [0.3, 0.4) is 0 Å². The molecule has 100 valence electrons. The molecule has 1 aliphatic heterocycles. The summed E-state index contributed by atoms with van der Waals surface area (Å²) in [5.41, 5.74) is 0.997. The fourth-order valence-corrected chi connectivity index (χ4v) is 3.09. The molecule has 1 unspecified atom stereocenters. The summed E-state index contributed by atoms with van der Waals surface area (Å²) in [5.74, 6) is 0. The van der Waals surface area contributed by atoms with Gasteiger partial charge in [-0.25, -0.2) is 4.21 Å². The van der Waals surface area contributed by atoms with Crippen LogP contribution < -0.4 is 5.14 Å². The maximum Gasteiger partial charge on any atom is 0.0945 e. The molecule has 0 radical (unpaired) electrons. The molecule has 0 saturated carbocycles.